The van der Waals surface area contributed by atoms with Crippen molar-refractivity contribution in [1.29, 1.82) is 0 Å². The Labute approximate surface area is 154 Å². The largest absolute Gasteiger partial charge is 0.619 e. The number of nitrogens with zero attached hydrogens (tertiary/aromatic N) is 3. The van der Waals surface area contributed by atoms with Crippen LogP contribution in [0.15, 0.2) is 42.6 Å². The number of benzene rings is 1. The van der Waals surface area contributed by atoms with Crippen LogP contribution >= 0.6 is 23.2 Å². The number of rotatable bonds is 4. The minimum absolute atomic E-state index is 0.0532. The summed E-state index contributed by atoms with van der Waals surface area (Å²) in [6.45, 7) is 1.68. The fraction of sp³-hybridized carbons (Fsp3) is 0.118. The predicted octanol–water partition coefficient (Wildman–Crippen LogP) is 4.19. The Morgan fingerprint density at radius 2 is 1.68 bits per heavy atom. The maximum Gasteiger partial charge on any atom is 0.202 e. The van der Waals surface area contributed by atoms with Crippen molar-refractivity contribution in [1.82, 2.24) is 9.97 Å². The Balaban J connectivity index is 1.99. The molecular weight excluding hydrogens is 365 g/mol. The molecule has 0 bridgehead atoms. The quantitative estimate of drug-likeness (QED) is 0.387. The molecule has 0 radical (unpaired) electrons. The lowest BCUT2D eigenvalue weighted by Gasteiger charge is -2.12. The number of hydrogen-bond donors (Lipinski definition) is 0. The molecule has 1 aromatic carbocycles. The third-order valence-corrected chi connectivity index (χ3v) is 3.94. The number of hydrogen-bond acceptors (Lipinski definition) is 5. The summed E-state index contributed by atoms with van der Waals surface area (Å²) in [4.78, 5) is 8.44. The van der Waals surface area contributed by atoms with Crippen LogP contribution in [0.25, 0.3) is 11.4 Å². The van der Waals surface area contributed by atoms with Crippen molar-refractivity contribution in [2.24, 2.45) is 0 Å². The SMILES string of the molecule is COc1ccccc1Oc1c(Cl)nc(-c2cc[n+]([O-])c(C)c2)nc1Cl. The Morgan fingerprint density at radius 3 is 2.28 bits per heavy atom. The Kier molecular flexibility index (Phi) is 4.92. The van der Waals surface area contributed by atoms with E-state index in [1.807, 2.05) is 6.07 Å². The van der Waals surface area contributed by atoms with E-state index in [1.165, 1.54) is 13.3 Å². The fourth-order valence-corrected chi connectivity index (χ4v) is 2.63. The highest BCUT2D eigenvalue weighted by Gasteiger charge is 2.17. The van der Waals surface area contributed by atoms with Gasteiger partial charge in [-0.05, 0) is 12.1 Å². The van der Waals surface area contributed by atoms with Crippen LogP contribution in [0.4, 0.5) is 0 Å². The maximum absolute atomic E-state index is 11.4. The zero-order chi connectivity index (χ0) is 18.0. The number of para-hydroxylation sites is 2. The zero-order valence-corrected chi connectivity index (χ0v) is 14.9. The molecule has 0 amide bonds. The summed E-state index contributed by atoms with van der Waals surface area (Å²) < 4.78 is 11.7. The third-order valence-electron chi connectivity index (χ3n) is 3.42. The molecule has 2 heterocycles. The molecule has 3 rings (SSSR count). The Morgan fingerprint density at radius 1 is 1.04 bits per heavy atom. The van der Waals surface area contributed by atoms with Gasteiger partial charge in [-0.2, -0.15) is 4.73 Å². The molecule has 128 valence electrons. The minimum Gasteiger partial charge on any atom is -0.619 e. The number of halogens is 2. The van der Waals surface area contributed by atoms with E-state index >= 15 is 0 Å². The molecule has 0 atom stereocenters. The van der Waals surface area contributed by atoms with Gasteiger partial charge in [0.1, 0.15) is 0 Å². The van der Waals surface area contributed by atoms with Gasteiger partial charge in [0, 0.05) is 24.6 Å². The molecule has 25 heavy (non-hydrogen) atoms. The first-order valence-electron chi connectivity index (χ1n) is 7.23. The molecule has 2 aromatic heterocycles. The third kappa shape index (κ3) is 3.60. The van der Waals surface area contributed by atoms with E-state index in [1.54, 1.807) is 37.3 Å². The molecule has 0 unspecified atom stereocenters. The van der Waals surface area contributed by atoms with Crippen LogP contribution < -0.4 is 14.2 Å². The molecule has 0 saturated heterocycles. The molecule has 6 nitrogen and oxygen atoms in total. The van der Waals surface area contributed by atoms with Crippen molar-refractivity contribution in [3.8, 4) is 28.6 Å². The Bertz CT molecular complexity index is 912. The van der Waals surface area contributed by atoms with E-state index in [0.29, 0.717) is 28.6 Å². The van der Waals surface area contributed by atoms with Gasteiger partial charge in [-0.1, -0.05) is 35.3 Å². The van der Waals surface area contributed by atoms with Gasteiger partial charge in [-0.25, -0.2) is 9.97 Å². The topological polar surface area (TPSA) is 71.2 Å². The summed E-state index contributed by atoms with van der Waals surface area (Å²) in [5.41, 5.74) is 1.12. The van der Waals surface area contributed by atoms with Gasteiger partial charge in [0.25, 0.3) is 0 Å². The van der Waals surface area contributed by atoms with Crippen LogP contribution in [0, 0.1) is 12.1 Å². The second-order valence-electron chi connectivity index (χ2n) is 5.09. The molecule has 3 aromatic rings. The number of pyridine rings is 1. The highest BCUT2D eigenvalue weighted by atomic mass is 35.5. The summed E-state index contributed by atoms with van der Waals surface area (Å²) in [5, 5.41) is 11.6. The molecule has 0 spiro atoms. The van der Waals surface area contributed by atoms with E-state index in [4.69, 9.17) is 32.7 Å². The molecule has 0 saturated carbocycles. The first-order valence-corrected chi connectivity index (χ1v) is 7.99. The summed E-state index contributed by atoms with van der Waals surface area (Å²) in [6, 6.07) is 10.3. The van der Waals surface area contributed by atoms with Gasteiger partial charge in [0.05, 0.1) is 7.11 Å². The van der Waals surface area contributed by atoms with E-state index in [0.717, 1.165) is 4.73 Å². The van der Waals surface area contributed by atoms with E-state index in [-0.39, 0.29) is 16.1 Å². The van der Waals surface area contributed by atoms with Gasteiger partial charge in [0.2, 0.25) is 5.75 Å². The zero-order valence-electron chi connectivity index (χ0n) is 13.4. The number of aromatic nitrogens is 3. The molecular formula is C17H13Cl2N3O3. The molecule has 0 aliphatic rings. The first-order chi connectivity index (χ1) is 12.0. The average Bonchev–Trinajstić information content (AvgIpc) is 2.60. The van der Waals surface area contributed by atoms with Gasteiger partial charge < -0.3 is 14.7 Å². The molecule has 0 aliphatic carbocycles. The van der Waals surface area contributed by atoms with Crippen molar-refractivity contribution in [3.63, 3.8) is 0 Å². The lowest BCUT2D eigenvalue weighted by Crippen LogP contribution is -2.28. The summed E-state index contributed by atoms with van der Waals surface area (Å²) in [7, 11) is 1.53. The van der Waals surface area contributed by atoms with Crippen LogP contribution in [-0.2, 0) is 0 Å². The van der Waals surface area contributed by atoms with Gasteiger partial charge in [0.15, 0.2) is 39.5 Å². The number of ether oxygens (including phenoxy) is 2. The second-order valence-corrected chi connectivity index (χ2v) is 5.81. The monoisotopic (exact) mass is 377 g/mol. The standard InChI is InChI=1S/C17H13Cl2N3O3/c1-10-9-11(7-8-22(10)23)17-20-15(18)14(16(19)21-17)25-13-6-4-3-5-12(13)24-2/h3-9H,1-2H3. The van der Waals surface area contributed by atoms with Gasteiger partial charge in [-0.3, -0.25) is 0 Å². The van der Waals surface area contributed by atoms with Crippen LogP contribution in [0.2, 0.25) is 10.3 Å². The van der Waals surface area contributed by atoms with Crippen LogP contribution in [0.5, 0.6) is 17.2 Å². The maximum atomic E-state index is 11.4. The number of methoxy groups -OCH3 is 1. The average molecular weight is 378 g/mol. The highest BCUT2D eigenvalue weighted by Crippen LogP contribution is 2.38. The smallest absolute Gasteiger partial charge is 0.202 e. The van der Waals surface area contributed by atoms with E-state index in [9.17, 15) is 5.21 Å². The van der Waals surface area contributed by atoms with E-state index < -0.39 is 0 Å². The van der Waals surface area contributed by atoms with Crippen LogP contribution in [0.1, 0.15) is 5.69 Å². The van der Waals surface area contributed by atoms with Gasteiger partial charge >= 0.3 is 0 Å². The Hall–Kier alpha value is -2.57. The molecule has 0 fully saturated rings. The van der Waals surface area contributed by atoms with Crippen LogP contribution in [-0.4, -0.2) is 17.1 Å². The summed E-state index contributed by atoms with van der Waals surface area (Å²) >= 11 is 12.5. The molecule has 8 heteroatoms. The fourth-order valence-electron chi connectivity index (χ4n) is 2.17. The lowest BCUT2D eigenvalue weighted by atomic mass is 10.2. The summed E-state index contributed by atoms with van der Waals surface area (Å²) in [5.74, 6) is 1.39. The highest BCUT2D eigenvalue weighted by molar-refractivity contribution is 6.35. The number of aryl methyl sites for hydroxylation is 1. The first kappa shape index (κ1) is 17.3. The van der Waals surface area contributed by atoms with Crippen molar-refractivity contribution < 1.29 is 14.2 Å². The predicted molar refractivity (Wildman–Crippen MR) is 94.3 cm³/mol. The van der Waals surface area contributed by atoms with Gasteiger partial charge in [-0.15, -0.1) is 0 Å². The van der Waals surface area contributed by atoms with Crippen LogP contribution in [0.3, 0.4) is 0 Å². The van der Waals surface area contributed by atoms with Crippen molar-refractivity contribution in [2.75, 3.05) is 7.11 Å². The van der Waals surface area contributed by atoms with Crippen molar-refractivity contribution in [2.45, 2.75) is 6.92 Å². The van der Waals surface area contributed by atoms with Crippen molar-refractivity contribution in [3.05, 3.63) is 63.8 Å². The summed E-state index contributed by atoms with van der Waals surface area (Å²) in [6.07, 6.45) is 1.37. The second kappa shape index (κ2) is 7.13. The van der Waals surface area contributed by atoms with E-state index in [2.05, 4.69) is 9.97 Å². The normalized spacial score (nSPS) is 10.6. The lowest BCUT2D eigenvalue weighted by molar-refractivity contribution is -0.612. The minimum atomic E-state index is 0.0532. The van der Waals surface area contributed by atoms with Crippen molar-refractivity contribution >= 4 is 23.2 Å². The molecule has 0 N–H and O–H groups in total. The molecule has 0 aliphatic heterocycles.